The van der Waals surface area contributed by atoms with E-state index in [1.54, 1.807) is 6.07 Å². The smallest absolute Gasteiger partial charge is 0.423 e. The fourth-order valence-electron chi connectivity index (χ4n) is 4.81. The summed E-state index contributed by atoms with van der Waals surface area (Å²) in [4.78, 5) is 0. The lowest BCUT2D eigenvalue weighted by atomic mass is 9.74. The second-order valence-corrected chi connectivity index (χ2v) is 8.44. The Hall–Kier alpha value is -3.14. The maximum absolute atomic E-state index is 9.88. The molecule has 0 saturated carbocycles. The van der Waals surface area contributed by atoms with Gasteiger partial charge in [-0.05, 0) is 56.0 Å². The van der Waals surface area contributed by atoms with Gasteiger partial charge in [-0.3, -0.25) is 0 Å². The van der Waals surface area contributed by atoms with E-state index in [0.717, 1.165) is 22.3 Å². The van der Waals surface area contributed by atoms with Crippen LogP contribution in [0, 0.1) is 0 Å². The molecule has 5 rings (SSSR count). The normalized spacial score (nSPS) is 13.6. The van der Waals surface area contributed by atoms with E-state index in [1.807, 2.05) is 36.4 Å². The second-order valence-electron chi connectivity index (χ2n) is 8.44. The molecule has 0 saturated heterocycles. The summed E-state index contributed by atoms with van der Waals surface area (Å²) in [6.07, 6.45) is 0. The van der Waals surface area contributed by atoms with E-state index in [1.165, 1.54) is 22.3 Å². The molecule has 0 aliphatic heterocycles. The molecule has 30 heavy (non-hydrogen) atoms. The van der Waals surface area contributed by atoms with Crippen LogP contribution in [0.15, 0.2) is 91.0 Å². The molecule has 1 aliphatic rings. The Morgan fingerprint density at radius 2 is 1.13 bits per heavy atom. The average molecular weight is 390 g/mol. The van der Waals surface area contributed by atoms with Gasteiger partial charge >= 0.3 is 7.12 Å². The maximum Gasteiger partial charge on any atom is 0.489 e. The number of hydrogen-bond acceptors (Lipinski definition) is 2. The Kier molecular flexibility index (Phi) is 4.39. The molecule has 2 N–H and O–H groups in total. The van der Waals surface area contributed by atoms with Gasteiger partial charge in [-0.1, -0.05) is 98.8 Å². The first-order valence-corrected chi connectivity index (χ1v) is 10.3. The second kappa shape index (κ2) is 6.98. The molecule has 0 bridgehead atoms. The predicted octanol–water partition coefficient (Wildman–Crippen LogP) is 5.01. The highest BCUT2D eigenvalue weighted by Crippen LogP contribution is 2.49. The molecule has 0 amide bonds. The van der Waals surface area contributed by atoms with E-state index in [0.29, 0.717) is 5.46 Å². The standard InChI is InChI=1S/C27H23BO2/c1-27(2)24-13-7-5-11-21(24)22-16-15-18(17-25(22)27)19-9-3-4-10-20(19)23-12-6-8-14-26(23)28(29)30/h3-17,29-30H,1-2H3. The minimum Gasteiger partial charge on any atom is -0.423 e. The van der Waals surface area contributed by atoms with Gasteiger partial charge in [0.05, 0.1) is 0 Å². The lowest BCUT2D eigenvalue weighted by Crippen LogP contribution is -2.31. The van der Waals surface area contributed by atoms with Crippen molar-refractivity contribution in [3.8, 4) is 33.4 Å². The molecule has 0 atom stereocenters. The Labute approximate surface area is 177 Å². The first-order chi connectivity index (χ1) is 14.5. The molecule has 0 radical (unpaired) electrons. The van der Waals surface area contributed by atoms with E-state index >= 15 is 0 Å². The summed E-state index contributed by atoms with van der Waals surface area (Å²) in [6.45, 7) is 4.57. The van der Waals surface area contributed by atoms with Crippen LogP contribution in [0.5, 0.6) is 0 Å². The molecule has 0 aromatic heterocycles. The Balaban J connectivity index is 1.70. The van der Waals surface area contributed by atoms with Gasteiger partial charge in [0.15, 0.2) is 0 Å². The first kappa shape index (κ1) is 18.9. The van der Waals surface area contributed by atoms with Crippen LogP contribution in [0.1, 0.15) is 25.0 Å². The molecule has 2 nitrogen and oxygen atoms in total. The minimum atomic E-state index is -1.51. The largest absolute Gasteiger partial charge is 0.489 e. The van der Waals surface area contributed by atoms with Crippen molar-refractivity contribution in [2.24, 2.45) is 0 Å². The molecule has 1 aliphatic carbocycles. The zero-order chi connectivity index (χ0) is 20.9. The van der Waals surface area contributed by atoms with E-state index in [4.69, 9.17) is 0 Å². The van der Waals surface area contributed by atoms with Crippen molar-refractivity contribution in [1.82, 2.24) is 0 Å². The van der Waals surface area contributed by atoms with Crippen molar-refractivity contribution in [3.63, 3.8) is 0 Å². The van der Waals surface area contributed by atoms with Crippen molar-refractivity contribution < 1.29 is 10.0 Å². The van der Waals surface area contributed by atoms with Crippen LogP contribution in [0.25, 0.3) is 33.4 Å². The van der Waals surface area contributed by atoms with Crippen LogP contribution in [0.3, 0.4) is 0 Å². The van der Waals surface area contributed by atoms with E-state index in [2.05, 4.69) is 62.4 Å². The quantitative estimate of drug-likeness (QED) is 0.483. The van der Waals surface area contributed by atoms with E-state index in [9.17, 15) is 10.0 Å². The Bertz CT molecular complexity index is 1260. The average Bonchev–Trinajstić information content (AvgIpc) is 3.01. The molecule has 0 heterocycles. The van der Waals surface area contributed by atoms with Crippen molar-refractivity contribution in [2.45, 2.75) is 19.3 Å². The molecular weight excluding hydrogens is 367 g/mol. The third kappa shape index (κ3) is 2.82. The lowest BCUT2D eigenvalue weighted by Gasteiger charge is -2.22. The lowest BCUT2D eigenvalue weighted by molar-refractivity contribution is 0.426. The summed E-state index contributed by atoms with van der Waals surface area (Å²) < 4.78 is 0. The summed E-state index contributed by atoms with van der Waals surface area (Å²) in [5.41, 5.74) is 9.79. The van der Waals surface area contributed by atoms with Gasteiger partial charge < -0.3 is 10.0 Å². The highest BCUT2D eigenvalue weighted by atomic mass is 16.4. The van der Waals surface area contributed by atoms with Crippen LogP contribution in [0.4, 0.5) is 0 Å². The summed E-state index contributed by atoms with van der Waals surface area (Å²) >= 11 is 0. The SMILES string of the molecule is CC1(C)c2ccccc2-c2ccc(-c3ccccc3-c3ccccc3B(O)O)cc21. The Morgan fingerprint density at radius 1 is 0.567 bits per heavy atom. The van der Waals surface area contributed by atoms with E-state index in [-0.39, 0.29) is 5.41 Å². The summed E-state index contributed by atoms with van der Waals surface area (Å²) in [5, 5.41) is 19.8. The van der Waals surface area contributed by atoms with Crippen molar-refractivity contribution in [3.05, 3.63) is 102 Å². The van der Waals surface area contributed by atoms with Crippen LogP contribution >= 0.6 is 0 Å². The Morgan fingerprint density at radius 3 is 1.87 bits per heavy atom. The highest BCUT2D eigenvalue weighted by Gasteiger charge is 2.35. The molecule has 3 heteroatoms. The molecule has 4 aromatic carbocycles. The summed E-state index contributed by atoms with van der Waals surface area (Å²) in [7, 11) is -1.51. The van der Waals surface area contributed by atoms with Gasteiger partial charge in [-0.25, -0.2) is 0 Å². The van der Waals surface area contributed by atoms with Crippen molar-refractivity contribution >= 4 is 12.6 Å². The molecule has 146 valence electrons. The van der Waals surface area contributed by atoms with Crippen LogP contribution in [0.2, 0.25) is 0 Å². The predicted molar refractivity (Wildman–Crippen MR) is 125 cm³/mol. The number of rotatable bonds is 3. The third-order valence-electron chi connectivity index (χ3n) is 6.35. The van der Waals surface area contributed by atoms with Gasteiger partial charge in [0.2, 0.25) is 0 Å². The maximum atomic E-state index is 9.88. The highest BCUT2D eigenvalue weighted by molar-refractivity contribution is 6.60. The number of fused-ring (bicyclic) bond motifs is 3. The van der Waals surface area contributed by atoms with Gasteiger partial charge in [0.25, 0.3) is 0 Å². The zero-order valence-electron chi connectivity index (χ0n) is 17.1. The molecule has 0 unspecified atom stereocenters. The number of benzene rings is 4. The minimum absolute atomic E-state index is 0.0594. The zero-order valence-corrected chi connectivity index (χ0v) is 17.1. The fraction of sp³-hybridized carbons (Fsp3) is 0.111. The van der Waals surface area contributed by atoms with Gasteiger partial charge in [0.1, 0.15) is 0 Å². The topological polar surface area (TPSA) is 40.5 Å². The monoisotopic (exact) mass is 390 g/mol. The van der Waals surface area contributed by atoms with Crippen LogP contribution in [-0.4, -0.2) is 17.2 Å². The van der Waals surface area contributed by atoms with Crippen molar-refractivity contribution in [1.29, 1.82) is 0 Å². The fourth-order valence-corrected chi connectivity index (χ4v) is 4.81. The van der Waals surface area contributed by atoms with Gasteiger partial charge in [-0.2, -0.15) is 0 Å². The van der Waals surface area contributed by atoms with Crippen LogP contribution < -0.4 is 5.46 Å². The molecular formula is C27H23BO2. The van der Waals surface area contributed by atoms with Gasteiger partial charge in [-0.15, -0.1) is 0 Å². The van der Waals surface area contributed by atoms with Crippen molar-refractivity contribution in [2.75, 3.05) is 0 Å². The first-order valence-electron chi connectivity index (χ1n) is 10.3. The molecule has 0 fully saturated rings. The van der Waals surface area contributed by atoms with E-state index < -0.39 is 7.12 Å². The molecule has 4 aromatic rings. The third-order valence-corrected chi connectivity index (χ3v) is 6.35. The van der Waals surface area contributed by atoms with Gasteiger partial charge in [0, 0.05) is 5.41 Å². The van der Waals surface area contributed by atoms with Crippen LogP contribution in [-0.2, 0) is 5.41 Å². The number of hydrogen-bond donors (Lipinski definition) is 2. The molecule has 0 spiro atoms. The summed E-state index contributed by atoms with van der Waals surface area (Å²) in [6, 6.07) is 31.0. The summed E-state index contributed by atoms with van der Waals surface area (Å²) in [5.74, 6) is 0.